The van der Waals surface area contributed by atoms with Crippen LogP contribution in [0.5, 0.6) is 0 Å². The lowest BCUT2D eigenvalue weighted by molar-refractivity contribution is -0.920. The van der Waals surface area contributed by atoms with Crippen LogP contribution in [0.4, 0.5) is 0 Å². The summed E-state index contributed by atoms with van der Waals surface area (Å²) < 4.78 is 0.871. The first-order chi connectivity index (χ1) is 7.39. The van der Waals surface area contributed by atoms with Crippen molar-refractivity contribution in [2.24, 2.45) is 0 Å². The van der Waals surface area contributed by atoms with Gasteiger partial charge in [-0.15, -0.1) is 0 Å². The second kappa shape index (κ2) is 4.72. The van der Waals surface area contributed by atoms with Crippen LogP contribution in [0.2, 0.25) is 0 Å². The van der Waals surface area contributed by atoms with Crippen molar-refractivity contribution in [1.29, 1.82) is 0 Å². The van der Waals surface area contributed by atoms with Crippen LogP contribution < -0.4 is 0 Å². The average Bonchev–Trinajstić information content (AvgIpc) is 2.29. The molecule has 1 aliphatic rings. The van der Waals surface area contributed by atoms with E-state index in [1.165, 1.54) is 5.57 Å². The Labute approximate surface area is 99.9 Å². The molecule has 2 nitrogen and oxygen atoms in total. The highest BCUT2D eigenvalue weighted by atomic mass is 16.3. The summed E-state index contributed by atoms with van der Waals surface area (Å²) in [6.45, 7) is 9.14. The van der Waals surface area contributed by atoms with E-state index in [2.05, 4.69) is 40.6 Å². The molecule has 0 heterocycles. The van der Waals surface area contributed by atoms with Crippen molar-refractivity contribution < 1.29 is 9.59 Å². The van der Waals surface area contributed by atoms with Crippen molar-refractivity contribution in [3.05, 3.63) is 24.3 Å². The Morgan fingerprint density at radius 1 is 1.56 bits per heavy atom. The van der Waals surface area contributed by atoms with Crippen LogP contribution in [0, 0.1) is 0 Å². The Kier molecular flexibility index (Phi) is 3.97. The van der Waals surface area contributed by atoms with Crippen LogP contribution in [0.1, 0.15) is 33.1 Å². The highest BCUT2D eigenvalue weighted by molar-refractivity contribution is 5.23. The van der Waals surface area contributed by atoms with Gasteiger partial charge in [0.1, 0.15) is 11.6 Å². The van der Waals surface area contributed by atoms with E-state index in [0.717, 1.165) is 30.3 Å². The van der Waals surface area contributed by atoms with E-state index in [9.17, 15) is 5.11 Å². The Bertz CT molecular complexity index is 293. The van der Waals surface area contributed by atoms with Crippen molar-refractivity contribution >= 4 is 0 Å². The summed E-state index contributed by atoms with van der Waals surface area (Å²) in [5, 5.41) is 10.7. The van der Waals surface area contributed by atoms with Gasteiger partial charge in [-0.2, -0.15) is 0 Å². The van der Waals surface area contributed by atoms with Gasteiger partial charge in [0, 0.05) is 12.8 Å². The molecule has 0 aromatic carbocycles. The maximum atomic E-state index is 10.7. The minimum absolute atomic E-state index is 0.278. The molecule has 2 heteroatoms. The van der Waals surface area contributed by atoms with Crippen LogP contribution in [0.3, 0.4) is 0 Å². The minimum atomic E-state index is -0.550. The molecule has 0 saturated carbocycles. The second-order valence-electron chi connectivity index (χ2n) is 5.46. The number of allylic oxidation sites excluding steroid dienone is 1. The predicted molar refractivity (Wildman–Crippen MR) is 69.2 cm³/mol. The molecule has 2 unspecified atom stereocenters. The van der Waals surface area contributed by atoms with Gasteiger partial charge in [-0.1, -0.05) is 25.7 Å². The number of likely N-dealkylation sites (N-methyl/N-ethyl adjacent to an activating group) is 1. The number of hydrogen-bond acceptors (Lipinski definition) is 1. The fourth-order valence-corrected chi connectivity index (χ4v) is 2.61. The van der Waals surface area contributed by atoms with Gasteiger partial charge >= 0.3 is 0 Å². The van der Waals surface area contributed by atoms with Crippen LogP contribution >= 0.6 is 0 Å². The molecular weight excluding hydrogens is 198 g/mol. The highest BCUT2D eigenvalue weighted by Gasteiger charge is 2.46. The molecule has 0 bridgehead atoms. The fraction of sp³-hybridized carbons (Fsp3) is 0.714. The van der Waals surface area contributed by atoms with E-state index < -0.39 is 5.60 Å². The lowest BCUT2D eigenvalue weighted by atomic mass is 9.77. The molecule has 2 atom stereocenters. The van der Waals surface area contributed by atoms with Gasteiger partial charge in [0.05, 0.1) is 20.6 Å². The van der Waals surface area contributed by atoms with Gasteiger partial charge in [0.25, 0.3) is 0 Å². The van der Waals surface area contributed by atoms with Crippen LogP contribution in [0.25, 0.3) is 0 Å². The Balaban J connectivity index is 3.03. The molecule has 0 aromatic rings. The summed E-state index contributed by atoms with van der Waals surface area (Å²) in [6, 6.07) is 0.278. The van der Waals surface area contributed by atoms with E-state index in [-0.39, 0.29) is 6.04 Å². The zero-order valence-electron chi connectivity index (χ0n) is 11.2. The summed E-state index contributed by atoms with van der Waals surface area (Å²) in [7, 11) is 4.41. The van der Waals surface area contributed by atoms with E-state index >= 15 is 0 Å². The number of aliphatic hydroxyl groups is 1. The molecule has 92 valence electrons. The zero-order valence-corrected chi connectivity index (χ0v) is 11.2. The first-order valence-electron chi connectivity index (χ1n) is 6.26. The summed E-state index contributed by atoms with van der Waals surface area (Å²) >= 11 is 0. The molecule has 1 rings (SSSR count). The van der Waals surface area contributed by atoms with E-state index in [4.69, 9.17) is 0 Å². The molecule has 0 spiro atoms. The quantitative estimate of drug-likeness (QED) is 0.727. The van der Waals surface area contributed by atoms with Gasteiger partial charge < -0.3 is 9.59 Å². The minimum Gasteiger partial charge on any atom is -0.383 e. The largest absolute Gasteiger partial charge is 0.383 e. The number of rotatable bonds is 4. The smallest absolute Gasteiger partial charge is 0.122 e. The monoisotopic (exact) mass is 224 g/mol. The Morgan fingerprint density at radius 3 is 2.62 bits per heavy atom. The highest BCUT2D eigenvalue weighted by Crippen LogP contribution is 2.36. The SMILES string of the molecule is C=CC1=CCC(O)(CC)C([N+](C)(C)CC)C1. The lowest BCUT2D eigenvalue weighted by Gasteiger charge is -2.47. The van der Waals surface area contributed by atoms with Crippen molar-refractivity contribution in [2.45, 2.75) is 44.8 Å². The molecule has 0 radical (unpaired) electrons. The predicted octanol–water partition coefficient (Wildman–Crippen LogP) is 2.50. The molecule has 0 aromatic heterocycles. The zero-order chi connectivity index (χ0) is 12.4. The van der Waals surface area contributed by atoms with Gasteiger partial charge in [0.15, 0.2) is 0 Å². The van der Waals surface area contributed by atoms with Crippen LogP contribution in [-0.4, -0.2) is 41.9 Å². The van der Waals surface area contributed by atoms with Gasteiger partial charge in [0.2, 0.25) is 0 Å². The van der Waals surface area contributed by atoms with Crippen LogP contribution in [-0.2, 0) is 0 Å². The summed E-state index contributed by atoms with van der Waals surface area (Å²) in [5.74, 6) is 0. The van der Waals surface area contributed by atoms with Crippen molar-refractivity contribution in [2.75, 3.05) is 20.6 Å². The van der Waals surface area contributed by atoms with Gasteiger partial charge in [-0.25, -0.2) is 0 Å². The summed E-state index contributed by atoms with van der Waals surface area (Å²) in [6.07, 6.45) is 6.59. The fourth-order valence-electron chi connectivity index (χ4n) is 2.61. The van der Waals surface area contributed by atoms with Crippen molar-refractivity contribution in [3.63, 3.8) is 0 Å². The normalized spacial score (nSPS) is 31.1. The molecule has 0 aliphatic heterocycles. The Morgan fingerprint density at radius 2 is 2.19 bits per heavy atom. The van der Waals surface area contributed by atoms with Gasteiger partial charge in [-0.05, 0) is 18.9 Å². The van der Waals surface area contributed by atoms with Gasteiger partial charge in [-0.3, -0.25) is 0 Å². The summed E-state index contributed by atoms with van der Waals surface area (Å²) in [4.78, 5) is 0. The summed E-state index contributed by atoms with van der Waals surface area (Å²) in [5.41, 5.74) is 0.731. The van der Waals surface area contributed by atoms with Crippen molar-refractivity contribution in [1.82, 2.24) is 0 Å². The maximum Gasteiger partial charge on any atom is 0.122 e. The number of quaternary nitrogens is 1. The third-order valence-corrected chi connectivity index (χ3v) is 4.30. The topological polar surface area (TPSA) is 20.2 Å². The molecule has 0 amide bonds. The number of nitrogens with zero attached hydrogens (tertiary/aromatic N) is 1. The van der Waals surface area contributed by atoms with E-state index in [0.29, 0.717) is 0 Å². The second-order valence-corrected chi connectivity index (χ2v) is 5.46. The lowest BCUT2D eigenvalue weighted by Crippen LogP contribution is -2.61. The molecule has 0 fully saturated rings. The standard InChI is InChI=1S/C14H26NO/c1-6-12-9-10-14(16,7-2)13(11-12)15(4,5)8-3/h6,9,13,16H,1,7-8,10-11H2,2-5H3/q+1. The molecule has 16 heavy (non-hydrogen) atoms. The molecule has 0 saturated heterocycles. The molecular formula is C14H26NO+. The molecule has 1 aliphatic carbocycles. The maximum absolute atomic E-state index is 10.7. The van der Waals surface area contributed by atoms with E-state index in [1.807, 2.05) is 6.08 Å². The first-order valence-corrected chi connectivity index (χ1v) is 6.26. The van der Waals surface area contributed by atoms with Crippen LogP contribution in [0.15, 0.2) is 24.3 Å². The average molecular weight is 224 g/mol. The Hall–Kier alpha value is -0.600. The molecule has 1 N–H and O–H groups in total. The van der Waals surface area contributed by atoms with E-state index in [1.54, 1.807) is 0 Å². The third kappa shape index (κ3) is 2.38. The first kappa shape index (κ1) is 13.5. The third-order valence-electron chi connectivity index (χ3n) is 4.30. The number of hydrogen-bond donors (Lipinski definition) is 1. The van der Waals surface area contributed by atoms with Crippen molar-refractivity contribution in [3.8, 4) is 0 Å².